The Morgan fingerprint density at radius 1 is 1.41 bits per heavy atom. The van der Waals surface area contributed by atoms with E-state index < -0.39 is 0 Å². The zero-order valence-corrected chi connectivity index (χ0v) is 13.1. The number of nitrogens with two attached hydrogens (primary N) is 1. The van der Waals surface area contributed by atoms with Gasteiger partial charge in [-0.3, -0.25) is 4.99 Å². The molecule has 22 heavy (non-hydrogen) atoms. The lowest BCUT2D eigenvalue weighted by Crippen LogP contribution is -1.98. The van der Waals surface area contributed by atoms with Crippen molar-refractivity contribution in [2.75, 3.05) is 12.3 Å². The van der Waals surface area contributed by atoms with Gasteiger partial charge in [0.1, 0.15) is 5.75 Å². The van der Waals surface area contributed by atoms with E-state index >= 15 is 0 Å². The van der Waals surface area contributed by atoms with Gasteiger partial charge in [-0.2, -0.15) is 4.98 Å². The summed E-state index contributed by atoms with van der Waals surface area (Å²) in [6, 6.07) is 7.62. The monoisotopic (exact) mass is 298 g/mol. The number of aryl methyl sites for hydroxylation is 1. The van der Waals surface area contributed by atoms with Crippen LogP contribution in [0.2, 0.25) is 0 Å². The van der Waals surface area contributed by atoms with Gasteiger partial charge in [0.2, 0.25) is 0 Å². The molecule has 0 spiro atoms. The van der Waals surface area contributed by atoms with Crippen LogP contribution in [0.15, 0.2) is 41.5 Å². The number of allylic oxidation sites excluding steroid dienone is 2. The normalized spacial score (nSPS) is 11.9. The van der Waals surface area contributed by atoms with Crippen LogP contribution in [-0.2, 0) is 0 Å². The average molecular weight is 298 g/mol. The zero-order valence-electron chi connectivity index (χ0n) is 13.1. The summed E-state index contributed by atoms with van der Waals surface area (Å²) < 4.78 is 5.76. The van der Waals surface area contributed by atoms with Gasteiger partial charge >= 0.3 is 6.01 Å². The molecular weight excluding hydrogens is 276 g/mol. The minimum Gasteiger partial charge on any atom is -0.424 e. The van der Waals surface area contributed by atoms with E-state index in [-0.39, 0.29) is 7.44 Å². The van der Waals surface area contributed by atoms with Crippen molar-refractivity contribution in [2.45, 2.75) is 20.8 Å². The first-order chi connectivity index (χ1) is 10.6. The second kappa shape index (κ2) is 7.36. The van der Waals surface area contributed by atoms with E-state index in [1.54, 1.807) is 18.5 Å². The highest BCUT2D eigenvalue weighted by Crippen LogP contribution is 2.25. The molecule has 0 radical (unpaired) electrons. The van der Waals surface area contributed by atoms with Crippen molar-refractivity contribution in [3.05, 3.63) is 47.8 Å². The SMILES string of the molecule is C/C=C(\C=NCC)c1ccnc(Oc2cc(N)ccc2C)n1.[HH]. The molecule has 116 valence electrons. The maximum absolute atomic E-state index is 5.79. The fraction of sp³-hybridized carbons (Fsp3) is 0.235. The Balaban J connectivity index is 0.00000264. The lowest BCUT2D eigenvalue weighted by Gasteiger charge is -2.09. The molecule has 0 aliphatic carbocycles. The summed E-state index contributed by atoms with van der Waals surface area (Å²) in [6.07, 6.45) is 5.43. The van der Waals surface area contributed by atoms with E-state index in [0.717, 1.165) is 23.4 Å². The lowest BCUT2D eigenvalue weighted by atomic mass is 10.2. The minimum atomic E-state index is 0. The summed E-state index contributed by atoms with van der Waals surface area (Å²) in [4.78, 5) is 12.8. The summed E-state index contributed by atoms with van der Waals surface area (Å²) in [7, 11) is 0. The highest BCUT2D eigenvalue weighted by molar-refractivity contribution is 6.08. The molecule has 0 aliphatic heterocycles. The summed E-state index contributed by atoms with van der Waals surface area (Å²) >= 11 is 0. The number of ether oxygens (including phenoxy) is 1. The Bertz CT molecular complexity index is 713. The van der Waals surface area contributed by atoms with Crippen molar-refractivity contribution < 1.29 is 6.16 Å². The summed E-state index contributed by atoms with van der Waals surface area (Å²) in [5, 5.41) is 0. The quantitative estimate of drug-likeness (QED) is 0.671. The molecule has 2 rings (SSSR count). The van der Waals surface area contributed by atoms with Crippen LogP contribution in [0.5, 0.6) is 11.8 Å². The molecule has 0 aliphatic rings. The number of aromatic nitrogens is 2. The first-order valence-corrected chi connectivity index (χ1v) is 7.17. The number of aliphatic imine (C=N–C) groups is 1. The topological polar surface area (TPSA) is 73.4 Å². The number of hydrogen-bond acceptors (Lipinski definition) is 5. The van der Waals surface area contributed by atoms with Crippen LogP contribution in [-0.4, -0.2) is 22.7 Å². The number of benzene rings is 1. The van der Waals surface area contributed by atoms with Gasteiger partial charge in [0.15, 0.2) is 0 Å². The van der Waals surface area contributed by atoms with Crippen molar-refractivity contribution in [3.63, 3.8) is 0 Å². The summed E-state index contributed by atoms with van der Waals surface area (Å²) in [5.41, 5.74) is 9.10. The summed E-state index contributed by atoms with van der Waals surface area (Å²) in [6.45, 7) is 6.61. The van der Waals surface area contributed by atoms with Crippen LogP contribution in [0.3, 0.4) is 0 Å². The van der Waals surface area contributed by atoms with Crippen molar-refractivity contribution in [3.8, 4) is 11.8 Å². The molecule has 0 saturated carbocycles. The molecule has 0 atom stereocenters. The molecule has 1 aromatic heterocycles. The van der Waals surface area contributed by atoms with Gasteiger partial charge in [-0.05, 0) is 38.5 Å². The minimum absolute atomic E-state index is 0. The predicted molar refractivity (Wildman–Crippen MR) is 92.5 cm³/mol. The average Bonchev–Trinajstić information content (AvgIpc) is 2.52. The van der Waals surface area contributed by atoms with Crippen molar-refractivity contribution in [1.82, 2.24) is 9.97 Å². The lowest BCUT2D eigenvalue weighted by molar-refractivity contribution is 0.438. The Kier molecular flexibility index (Phi) is 5.25. The fourth-order valence-corrected chi connectivity index (χ4v) is 1.85. The molecule has 2 aromatic rings. The first-order valence-electron chi connectivity index (χ1n) is 7.17. The highest BCUT2D eigenvalue weighted by Gasteiger charge is 2.07. The van der Waals surface area contributed by atoms with Crippen LogP contribution in [0.1, 0.15) is 26.5 Å². The van der Waals surface area contributed by atoms with Crippen LogP contribution < -0.4 is 10.5 Å². The van der Waals surface area contributed by atoms with Gasteiger partial charge in [0.25, 0.3) is 0 Å². The van der Waals surface area contributed by atoms with E-state index in [0.29, 0.717) is 11.4 Å². The third-order valence-electron chi connectivity index (χ3n) is 3.07. The van der Waals surface area contributed by atoms with E-state index in [1.165, 1.54) is 0 Å². The number of nitrogens with zero attached hydrogens (tertiary/aromatic N) is 3. The molecule has 0 saturated heterocycles. The van der Waals surface area contributed by atoms with Gasteiger partial charge in [0, 0.05) is 37.7 Å². The van der Waals surface area contributed by atoms with Gasteiger partial charge in [-0.15, -0.1) is 0 Å². The Labute approximate surface area is 132 Å². The maximum atomic E-state index is 5.79. The number of hydrogen-bond donors (Lipinski definition) is 1. The Morgan fingerprint density at radius 2 is 2.23 bits per heavy atom. The Morgan fingerprint density at radius 3 is 2.95 bits per heavy atom. The van der Waals surface area contributed by atoms with Crippen molar-refractivity contribution in [2.24, 2.45) is 4.99 Å². The smallest absolute Gasteiger partial charge is 0.322 e. The van der Waals surface area contributed by atoms with Gasteiger partial charge < -0.3 is 10.5 Å². The maximum Gasteiger partial charge on any atom is 0.322 e. The van der Waals surface area contributed by atoms with Crippen LogP contribution in [0, 0.1) is 6.92 Å². The molecular formula is C17H22N4O. The van der Waals surface area contributed by atoms with Gasteiger partial charge in [0.05, 0.1) is 5.69 Å². The third kappa shape index (κ3) is 3.91. The molecule has 0 amide bonds. The molecule has 5 nitrogen and oxygen atoms in total. The highest BCUT2D eigenvalue weighted by atomic mass is 16.5. The van der Waals surface area contributed by atoms with Crippen LogP contribution in [0.4, 0.5) is 5.69 Å². The van der Waals surface area contributed by atoms with Crippen LogP contribution in [0.25, 0.3) is 5.57 Å². The zero-order chi connectivity index (χ0) is 15.9. The second-order valence-corrected chi connectivity index (χ2v) is 4.72. The van der Waals surface area contributed by atoms with E-state index in [2.05, 4.69) is 15.0 Å². The molecule has 5 heteroatoms. The Hall–Kier alpha value is -2.69. The largest absolute Gasteiger partial charge is 0.424 e. The number of nitrogen functional groups attached to an aromatic ring is 1. The van der Waals surface area contributed by atoms with Gasteiger partial charge in [-0.1, -0.05) is 12.1 Å². The fourth-order valence-electron chi connectivity index (χ4n) is 1.85. The molecule has 0 unspecified atom stereocenters. The predicted octanol–water partition coefficient (Wildman–Crippen LogP) is 3.90. The molecule has 0 fully saturated rings. The van der Waals surface area contributed by atoms with E-state index in [9.17, 15) is 0 Å². The summed E-state index contributed by atoms with van der Waals surface area (Å²) in [5.74, 6) is 0.654. The van der Waals surface area contributed by atoms with E-state index in [1.807, 2.05) is 45.0 Å². The van der Waals surface area contributed by atoms with Crippen LogP contribution >= 0.6 is 0 Å². The third-order valence-corrected chi connectivity index (χ3v) is 3.07. The molecule has 1 heterocycles. The van der Waals surface area contributed by atoms with Crippen molar-refractivity contribution in [1.29, 1.82) is 0 Å². The van der Waals surface area contributed by atoms with E-state index in [4.69, 9.17) is 10.5 Å². The van der Waals surface area contributed by atoms with Crippen molar-refractivity contribution >= 4 is 17.5 Å². The number of anilines is 1. The number of rotatable bonds is 5. The molecule has 1 aromatic carbocycles. The first kappa shape index (κ1) is 15.7. The van der Waals surface area contributed by atoms with Gasteiger partial charge in [-0.25, -0.2) is 4.98 Å². The standard InChI is InChI=1S/C17H20N4O.H2/c1-4-13(11-19-5-2)15-8-9-20-17(21-15)22-16-10-14(18)7-6-12(16)3;/h4,6-11H,5,18H2,1-3H3;1H/b13-4+,19-11?;. The molecule has 0 bridgehead atoms. The second-order valence-electron chi connectivity index (χ2n) is 4.72. The molecule has 2 N–H and O–H groups in total.